The third kappa shape index (κ3) is 5.57. The monoisotopic (exact) mass is 282 g/mol. The molecule has 1 atom stereocenters. The Labute approximate surface area is 119 Å². The van der Waals surface area contributed by atoms with Gasteiger partial charge in [-0.15, -0.1) is 0 Å². The number of halogens is 1. The molecule has 0 aromatic heterocycles. The number of benzene rings is 1. The topological polar surface area (TPSA) is 64.3 Å². The first-order valence-corrected chi connectivity index (χ1v) is 6.86. The molecule has 0 radical (unpaired) electrons. The Hall–Kier alpha value is -1.62. The van der Waals surface area contributed by atoms with Crippen LogP contribution < -0.4 is 11.1 Å². The Morgan fingerprint density at radius 3 is 2.75 bits per heavy atom. The number of rotatable bonds is 7. The molecule has 1 aromatic carbocycles. The van der Waals surface area contributed by atoms with E-state index in [9.17, 15) is 9.18 Å². The second kappa shape index (κ2) is 7.85. The van der Waals surface area contributed by atoms with Crippen LogP contribution in [0.2, 0.25) is 0 Å². The van der Waals surface area contributed by atoms with Gasteiger partial charge in [0.1, 0.15) is 5.82 Å². The van der Waals surface area contributed by atoms with Crippen LogP contribution in [0.15, 0.2) is 18.2 Å². The van der Waals surface area contributed by atoms with Crippen LogP contribution in [0.5, 0.6) is 0 Å². The summed E-state index contributed by atoms with van der Waals surface area (Å²) in [6, 6.07) is 4.09. The van der Waals surface area contributed by atoms with E-state index in [2.05, 4.69) is 19.2 Å². The number of amides is 1. The Balaban J connectivity index is 2.32. The van der Waals surface area contributed by atoms with E-state index >= 15 is 0 Å². The molecule has 1 unspecified atom stereocenters. The van der Waals surface area contributed by atoms with E-state index in [-0.39, 0.29) is 17.7 Å². The molecule has 0 saturated carbocycles. The van der Waals surface area contributed by atoms with Crippen molar-refractivity contribution in [2.24, 2.45) is 5.92 Å². The summed E-state index contributed by atoms with van der Waals surface area (Å²) in [5.41, 5.74) is 6.08. The molecule has 0 aliphatic heterocycles. The lowest BCUT2D eigenvalue weighted by Crippen LogP contribution is -2.18. The number of hydrogen-bond acceptors (Lipinski definition) is 3. The number of anilines is 2. The van der Waals surface area contributed by atoms with Crippen molar-refractivity contribution in [3.63, 3.8) is 0 Å². The van der Waals surface area contributed by atoms with Crippen molar-refractivity contribution in [1.29, 1.82) is 0 Å². The zero-order valence-electron chi connectivity index (χ0n) is 12.3. The van der Waals surface area contributed by atoms with Crippen LogP contribution in [0.25, 0.3) is 0 Å². The predicted molar refractivity (Wildman–Crippen MR) is 78.9 cm³/mol. The lowest BCUT2D eigenvalue weighted by atomic mass is 10.1. The summed E-state index contributed by atoms with van der Waals surface area (Å²) in [6.07, 6.45) is 1.07. The molecule has 5 heteroatoms. The first-order chi connectivity index (χ1) is 9.40. The van der Waals surface area contributed by atoms with Crippen molar-refractivity contribution in [2.45, 2.75) is 39.7 Å². The Morgan fingerprint density at radius 2 is 2.10 bits per heavy atom. The molecule has 0 fully saturated rings. The van der Waals surface area contributed by atoms with E-state index in [0.717, 1.165) is 0 Å². The van der Waals surface area contributed by atoms with Gasteiger partial charge in [-0.3, -0.25) is 4.79 Å². The Bertz CT molecular complexity index is 449. The summed E-state index contributed by atoms with van der Waals surface area (Å²) in [6.45, 7) is 6.69. The Kier molecular flexibility index (Phi) is 6.45. The zero-order chi connectivity index (χ0) is 15.1. The summed E-state index contributed by atoms with van der Waals surface area (Å²) in [7, 11) is 0. The maximum Gasteiger partial charge on any atom is 0.224 e. The van der Waals surface area contributed by atoms with E-state index in [1.165, 1.54) is 18.2 Å². The van der Waals surface area contributed by atoms with Crippen molar-refractivity contribution >= 4 is 17.3 Å². The normalized spacial score (nSPS) is 12.4. The lowest BCUT2D eigenvalue weighted by Gasteiger charge is -2.16. The highest BCUT2D eigenvalue weighted by Crippen LogP contribution is 2.17. The van der Waals surface area contributed by atoms with Gasteiger partial charge in [-0.2, -0.15) is 0 Å². The fraction of sp³-hybridized carbons (Fsp3) is 0.533. The number of ether oxygens (including phenoxy) is 1. The quantitative estimate of drug-likeness (QED) is 0.596. The van der Waals surface area contributed by atoms with Gasteiger partial charge in [-0.1, -0.05) is 13.8 Å². The van der Waals surface area contributed by atoms with Gasteiger partial charge >= 0.3 is 0 Å². The number of nitrogen functional groups attached to an aromatic ring is 1. The third-order valence-corrected chi connectivity index (χ3v) is 3.13. The molecule has 0 aliphatic rings. The first kappa shape index (κ1) is 16.4. The van der Waals surface area contributed by atoms with Crippen LogP contribution in [-0.4, -0.2) is 18.6 Å². The zero-order valence-corrected chi connectivity index (χ0v) is 12.3. The van der Waals surface area contributed by atoms with Gasteiger partial charge in [0.15, 0.2) is 0 Å². The molecule has 1 rings (SSSR count). The van der Waals surface area contributed by atoms with E-state index in [1.807, 2.05) is 6.92 Å². The second-order valence-corrected chi connectivity index (χ2v) is 5.21. The molecule has 0 heterocycles. The molecule has 0 spiro atoms. The van der Waals surface area contributed by atoms with Crippen LogP contribution in [0.1, 0.15) is 33.6 Å². The van der Waals surface area contributed by atoms with E-state index in [0.29, 0.717) is 31.1 Å². The summed E-state index contributed by atoms with van der Waals surface area (Å²) in [5, 5.41) is 2.51. The van der Waals surface area contributed by atoms with Crippen LogP contribution >= 0.6 is 0 Å². The fourth-order valence-electron chi connectivity index (χ4n) is 1.55. The standard InChI is InChI=1S/C15H23FN2O2/c1-10(2)11(3)20-8-4-5-15(19)18-14-9-12(17)6-7-13(14)16/h6-7,9-11H,4-5,8,17H2,1-3H3,(H,18,19). The van der Waals surface area contributed by atoms with Crippen LogP contribution in [0.3, 0.4) is 0 Å². The van der Waals surface area contributed by atoms with E-state index < -0.39 is 5.82 Å². The molecule has 3 N–H and O–H groups in total. The molecule has 0 bridgehead atoms. The average Bonchev–Trinajstić information content (AvgIpc) is 2.38. The van der Waals surface area contributed by atoms with Crippen LogP contribution in [-0.2, 0) is 9.53 Å². The number of carbonyl (C=O) groups excluding carboxylic acids is 1. The number of carbonyl (C=O) groups is 1. The summed E-state index contributed by atoms with van der Waals surface area (Å²) in [5.74, 6) is -0.280. The van der Waals surface area contributed by atoms with Crippen LogP contribution in [0, 0.1) is 11.7 Å². The predicted octanol–water partition coefficient (Wildman–Crippen LogP) is 3.19. The maximum atomic E-state index is 13.4. The molecule has 0 saturated heterocycles. The summed E-state index contributed by atoms with van der Waals surface area (Å²) < 4.78 is 19.0. The minimum Gasteiger partial charge on any atom is -0.399 e. The average molecular weight is 282 g/mol. The summed E-state index contributed by atoms with van der Waals surface area (Å²) >= 11 is 0. The third-order valence-electron chi connectivity index (χ3n) is 3.13. The van der Waals surface area contributed by atoms with E-state index in [1.54, 1.807) is 0 Å². The van der Waals surface area contributed by atoms with Crippen molar-refractivity contribution in [1.82, 2.24) is 0 Å². The maximum absolute atomic E-state index is 13.4. The van der Waals surface area contributed by atoms with E-state index in [4.69, 9.17) is 10.5 Å². The molecule has 20 heavy (non-hydrogen) atoms. The van der Waals surface area contributed by atoms with Gasteiger partial charge in [-0.05, 0) is 37.5 Å². The van der Waals surface area contributed by atoms with Gasteiger partial charge < -0.3 is 15.8 Å². The number of nitrogens with two attached hydrogens (primary N) is 1. The van der Waals surface area contributed by atoms with Crippen molar-refractivity contribution in [2.75, 3.05) is 17.7 Å². The molecule has 1 amide bonds. The molecule has 4 nitrogen and oxygen atoms in total. The Morgan fingerprint density at radius 1 is 1.40 bits per heavy atom. The van der Waals surface area contributed by atoms with Gasteiger partial charge in [0, 0.05) is 18.7 Å². The summed E-state index contributed by atoms with van der Waals surface area (Å²) in [4.78, 5) is 11.7. The molecular formula is C15H23FN2O2. The molecule has 0 aliphatic carbocycles. The SMILES string of the molecule is CC(C)C(C)OCCCC(=O)Nc1cc(N)ccc1F. The highest BCUT2D eigenvalue weighted by atomic mass is 19.1. The van der Waals surface area contributed by atoms with Crippen molar-refractivity contribution in [3.05, 3.63) is 24.0 Å². The molecular weight excluding hydrogens is 259 g/mol. The molecule has 1 aromatic rings. The smallest absolute Gasteiger partial charge is 0.224 e. The highest BCUT2D eigenvalue weighted by molar-refractivity contribution is 5.91. The minimum atomic E-state index is -0.489. The second-order valence-electron chi connectivity index (χ2n) is 5.21. The first-order valence-electron chi connectivity index (χ1n) is 6.86. The fourth-order valence-corrected chi connectivity index (χ4v) is 1.55. The largest absolute Gasteiger partial charge is 0.399 e. The van der Waals surface area contributed by atoms with Crippen LogP contribution in [0.4, 0.5) is 15.8 Å². The van der Waals surface area contributed by atoms with Gasteiger partial charge in [-0.25, -0.2) is 4.39 Å². The van der Waals surface area contributed by atoms with Gasteiger partial charge in [0.05, 0.1) is 11.8 Å². The number of nitrogens with one attached hydrogen (secondary N) is 1. The lowest BCUT2D eigenvalue weighted by molar-refractivity contribution is -0.116. The van der Waals surface area contributed by atoms with Crippen molar-refractivity contribution in [3.8, 4) is 0 Å². The molecule has 112 valence electrons. The van der Waals surface area contributed by atoms with Gasteiger partial charge in [0.25, 0.3) is 0 Å². The van der Waals surface area contributed by atoms with Crippen molar-refractivity contribution < 1.29 is 13.9 Å². The number of hydrogen-bond donors (Lipinski definition) is 2. The minimum absolute atomic E-state index is 0.117. The van der Waals surface area contributed by atoms with Gasteiger partial charge in [0.2, 0.25) is 5.91 Å². The highest BCUT2D eigenvalue weighted by Gasteiger charge is 2.09.